The van der Waals surface area contributed by atoms with Crippen molar-refractivity contribution in [2.45, 2.75) is 38.1 Å². The van der Waals surface area contributed by atoms with Crippen molar-refractivity contribution in [3.05, 3.63) is 65.9 Å². The highest BCUT2D eigenvalue weighted by molar-refractivity contribution is 7.99. The van der Waals surface area contributed by atoms with E-state index in [9.17, 15) is 18.0 Å². The lowest BCUT2D eigenvalue weighted by Gasteiger charge is -2.22. The molecule has 1 aromatic heterocycles. The summed E-state index contributed by atoms with van der Waals surface area (Å²) in [4.78, 5) is 18.7. The van der Waals surface area contributed by atoms with Gasteiger partial charge in [-0.2, -0.15) is 18.4 Å². The zero-order valence-corrected chi connectivity index (χ0v) is 19.1. The summed E-state index contributed by atoms with van der Waals surface area (Å²) >= 11 is 0.953. The number of anilines is 1. The number of aryl methyl sites for hydroxylation is 2. The molecule has 0 saturated carbocycles. The Hall–Kier alpha value is -3.25. The van der Waals surface area contributed by atoms with Crippen LogP contribution in [-0.4, -0.2) is 33.9 Å². The largest absolute Gasteiger partial charge is 0.406 e. The van der Waals surface area contributed by atoms with Gasteiger partial charge in [0.2, 0.25) is 5.91 Å². The van der Waals surface area contributed by atoms with E-state index in [4.69, 9.17) is 5.26 Å². The van der Waals surface area contributed by atoms with Gasteiger partial charge >= 0.3 is 6.18 Å². The number of benzene rings is 2. The van der Waals surface area contributed by atoms with Gasteiger partial charge in [-0.05, 0) is 42.7 Å². The Morgan fingerprint density at radius 2 is 1.88 bits per heavy atom. The molecule has 3 aromatic rings. The van der Waals surface area contributed by atoms with Crippen molar-refractivity contribution in [1.29, 1.82) is 5.26 Å². The minimum Gasteiger partial charge on any atom is -0.311 e. The van der Waals surface area contributed by atoms with Gasteiger partial charge in [0.1, 0.15) is 6.54 Å². The molecule has 0 fully saturated rings. The number of rotatable bonds is 8. The molecule has 3 rings (SSSR count). The molecule has 0 radical (unpaired) electrons. The number of alkyl halides is 3. The summed E-state index contributed by atoms with van der Waals surface area (Å²) in [7, 11) is 0. The molecule has 1 heterocycles. The van der Waals surface area contributed by atoms with Crippen LogP contribution < -0.4 is 4.90 Å². The Morgan fingerprint density at radius 1 is 1.15 bits per heavy atom. The number of nitrogens with zero attached hydrogens (tertiary/aromatic N) is 4. The molecule has 0 N–H and O–H groups in total. The topological polar surface area (TPSA) is 61.9 Å². The van der Waals surface area contributed by atoms with Crippen molar-refractivity contribution in [2.24, 2.45) is 0 Å². The summed E-state index contributed by atoms with van der Waals surface area (Å²) in [6, 6.07) is 16.3. The van der Waals surface area contributed by atoms with Crippen LogP contribution in [-0.2, 0) is 11.3 Å². The predicted molar refractivity (Wildman–Crippen MR) is 123 cm³/mol. The Kier molecular flexibility index (Phi) is 7.82. The summed E-state index contributed by atoms with van der Waals surface area (Å²) in [6.07, 6.45) is -2.91. The molecule has 0 saturated heterocycles. The van der Waals surface area contributed by atoms with Gasteiger partial charge in [0, 0.05) is 12.2 Å². The van der Waals surface area contributed by atoms with Crippen LogP contribution >= 0.6 is 11.8 Å². The van der Waals surface area contributed by atoms with Gasteiger partial charge < -0.3 is 9.47 Å². The average molecular weight is 473 g/mol. The molecule has 9 heteroatoms. The quantitative estimate of drug-likeness (QED) is 0.391. The molecule has 0 aliphatic carbocycles. The fourth-order valence-corrected chi connectivity index (χ4v) is 4.16. The summed E-state index contributed by atoms with van der Waals surface area (Å²) in [5.41, 5.74) is 3.67. The molecular weight excluding hydrogens is 449 g/mol. The first-order valence-corrected chi connectivity index (χ1v) is 11.2. The Morgan fingerprint density at radius 3 is 2.52 bits per heavy atom. The Balaban J connectivity index is 1.84. The third kappa shape index (κ3) is 6.39. The van der Waals surface area contributed by atoms with Crippen molar-refractivity contribution in [3.8, 4) is 17.3 Å². The fourth-order valence-electron chi connectivity index (χ4n) is 3.30. The number of halogens is 3. The van der Waals surface area contributed by atoms with E-state index >= 15 is 0 Å². The lowest BCUT2D eigenvalue weighted by Crippen LogP contribution is -2.33. The molecule has 33 heavy (non-hydrogen) atoms. The monoisotopic (exact) mass is 472 g/mol. The third-order valence-corrected chi connectivity index (χ3v) is 6.08. The van der Waals surface area contributed by atoms with Gasteiger partial charge in [0.05, 0.1) is 30.1 Å². The standard InChI is InChI=1S/C24H23F3N4OS/c1-17-9-10-20(13-18(17)2)30(12-6-11-28)22(32)15-33-23-29-14-21(19-7-4-3-5-8-19)31(23)16-24(25,26)27/h3-5,7-10,13-14H,6,12,15-16H2,1-2H3. The number of aromatic nitrogens is 2. The molecule has 0 bridgehead atoms. The molecule has 0 aliphatic rings. The summed E-state index contributed by atoms with van der Waals surface area (Å²) in [5.74, 6) is -0.414. The van der Waals surface area contributed by atoms with Gasteiger partial charge in [0.15, 0.2) is 5.16 Å². The van der Waals surface area contributed by atoms with E-state index in [0.29, 0.717) is 16.9 Å². The molecule has 5 nitrogen and oxygen atoms in total. The van der Waals surface area contributed by atoms with Gasteiger partial charge in [-0.3, -0.25) is 4.79 Å². The van der Waals surface area contributed by atoms with Crippen molar-refractivity contribution < 1.29 is 18.0 Å². The number of nitriles is 1. The first-order valence-electron chi connectivity index (χ1n) is 10.2. The van der Waals surface area contributed by atoms with E-state index in [1.54, 1.807) is 36.4 Å². The molecule has 0 aliphatic heterocycles. The van der Waals surface area contributed by atoms with Crippen molar-refractivity contribution >= 4 is 23.4 Å². The molecule has 172 valence electrons. The number of amides is 1. The number of thioether (sulfide) groups is 1. The van der Waals surface area contributed by atoms with Crippen LogP contribution in [0.3, 0.4) is 0 Å². The highest BCUT2D eigenvalue weighted by atomic mass is 32.2. The molecule has 0 unspecified atom stereocenters. The smallest absolute Gasteiger partial charge is 0.311 e. The van der Waals surface area contributed by atoms with Crippen LogP contribution in [0.5, 0.6) is 0 Å². The molecule has 0 spiro atoms. The Labute approximate surface area is 194 Å². The predicted octanol–water partition coefficient (Wildman–Crippen LogP) is 5.77. The van der Waals surface area contributed by atoms with E-state index in [1.807, 2.05) is 32.0 Å². The highest BCUT2D eigenvalue weighted by Crippen LogP contribution is 2.30. The van der Waals surface area contributed by atoms with E-state index in [0.717, 1.165) is 27.5 Å². The normalized spacial score (nSPS) is 11.3. The SMILES string of the molecule is Cc1ccc(N(CCC#N)C(=O)CSc2ncc(-c3ccccc3)n2CC(F)(F)F)cc1C. The first-order chi connectivity index (χ1) is 15.7. The third-order valence-electron chi connectivity index (χ3n) is 5.10. The van der Waals surface area contributed by atoms with E-state index in [2.05, 4.69) is 4.98 Å². The second kappa shape index (κ2) is 10.6. The van der Waals surface area contributed by atoms with Crippen LogP contribution in [0.2, 0.25) is 0 Å². The van der Waals surface area contributed by atoms with Gasteiger partial charge in [-0.15, -0.1) is 0 Å². The van der Waals surface area contributed by atoms with E-state index < -0.39 is 12.7 Å². The van der Waals surface area contributed by atoms with Crippen molar-refractivity contribution in [1.82, 2.24) is 9.55 Å². The van der Waals surface area contributed by atoms with Gasteiger partial charge in [-0.25, -0.2) is 4.98 Å². The van der Waals surface area contributed by atoms with E-state index in [-0.39, 0.29) is 29.8 Å². The molecular formula is C24H23F3N4OS. The summed E-state index contributed by atoms with van der Waals surface area (Å²) < 4.78 is 41.0. The lowest BCUT2D eigenvalue weighted by molar-refractivity contribution is -0.141. The second-order valence-corrected chi connectivity index (χ2v) is 8.45. The number of hydrogen-bond acceptors (Lipinski definition) is 4. The molecule has 1 amide bonds. The van der Waals surface area contributed by atoms with Crippen LogP contribution in [0.15, 0.2) is 59.9 Å². The second-order valence-electron chi connectivity index (χ2n) is 7.50. The molecule has 0 atom stereocenters. The van der Waals surface area contributed by atoms with E-state index in [1.165, 1.54) is 11.1 Å². The lowest BCUT2D eigenvalue weighted by atomic mass is 10.1. The maximum absolute atomic E-state index is 13.3. The zero-order valence-electron chi connectivity index (χ0n) is 18.3. The highest BCUT2D eigenvalue weighted by Gasteiger charge is 2.31. The Bertz CT molecular complexity index is 1150. The van der Waals surface area contributed by atoms with Crippen LogP contribution in [0.1, 0.15) is 17.5 Å². The number of imidazole rings is 1. The number of carbonyl (C=O) groups is 1. The fraction of sp³-hybridized carbons (Fsp3) is 0.292. The van der Waals surface area contributed by atoms with Crippen molar-refractivity contribution in [3.63, 3.8) is 0 Å². The minimum absolute atomic E-state index is 0.110. The van der Waals surface area contributed by atoms with Crippen LogP contribution in [0.25, 0.3) is 11.3 Å². The van der Waals surface area contributed by atoms with Crippen LogP contribution in [0, 0.1) is 25.2 Å². The van der Waals surface area contributed by atoms with Gasteiger partial charge in [-0.1, -0.05) is 48.2 Å². The maximum Gasteiger partial charge on any atom is 0.406 e. The first kappa shape index (κ1) is 24.4. The minimum atomic E-state index is -4.44. The van der Waals surface area contributed by atoms with Gasteiger partial charge in [0.25, 0.3) is 0 Å². The summed E-state index contributed by atoms with van der Waals surface area (Å²) in [5, 5.41) is 9.10. The van der Waals surface area contributed by atoms with Crippen LogP contribution in [0.4, 0.5) is 18.9 Å². The molecule has 2 aromatic carbocycles. The number of carbonyl (C=O) groups excluding carboxylic acids is 1. The summed E-state index contributed by atoms with van der Waals surface area (Å²) in [6.45, 7) is 2.88. The van der Waals surface area contributed by atoms with Crippen molar-refractivity contribution in [2.75, 3.05) is 17.2 Å². The maximum atomic E-state index is 13.3. The average Bonchev–Trinajstić information content (AvgIpc) is 3.16. The number of hydrogen-bond donors (Lipinski definition) is 0. The zero-order chi connectivity index (χ0) is 24.0.